The molecule has 1 aliphatic heterocycles. The van der Waals surface area contributed by atoms with E-state index in [1.807, 2.05) is 0 Å². The second-order valence-electron chi connectivity index (χ2n) is 6.92. The van der Waals surface area contributed by atoms with Crippen LogP contribution in [0.2, 0.25) is 10.5 Å². The van der Waals surface area contributed by atoms with Crippen LogP contribution in [0.15, 0.2) is 3.42 Å². The van der Waals surface area contributed by atoms with Gasteiger partial charge in [0.05, 0.1) is 0 Å². The molecule has 0 amide bonds. The molecule has 0 N–H and O–H groups in total. The molecule has 0 aromatic carbocycles. The molecule has 0 bridgehead atoms. The molecule has 1 aliphatic carbocycles. The molecule has 1 heterocycles. The third-order valence-corrected chi connectivity index (χ3v) is 5.73. The zero-order valence-electron chi connectivity index (χ0n) is 14.9. The molecule has 1 saturated heterocycles. The molecule has 2 rings (SSSR count). The fraction of sp³-hybridized carbons (Fsp3) is 1.00. The van der Waals surface area contributed by atoms with E-state index in [9.17, 15) is 0 Å². The van der Waals surface area contributed by atoms with E-state index in [2.05, 4.69) is 46.3 Å². The fourth-order valence-corrected chi connectivity index (χ4v) is 4.30. The molecule has 2 fully saturated rings. The van der Waals surface area contributed by atoms with Gasteiger partial charge in [0.1, 0.15) is 0 Å². The van der Waals surface area contributed by atoms with Gasteiger partial charge < -0.3 is 14.7 Å². The van der Waals surface area contributed by atoms with Crippen LogP contribution in [-0.2, 0) is 17.7 Å². The third kappa shape index (κ3) is 9.91. The fourth-order valence-electron chi connectivity index (χ4n) is 2.76. The molecule has 0 unspecified atom stereocenters. The van der Waals surface area contributed by atoms with Crippen molar-refractivity contribution < 1.29 is 17.7 Å². The number of nitrogens with zero attached hydrogens (tertiary/aromatic N) is 4. The topological polar surface area (TPSA) is 22.1 Å². The Kier molecular flexibility index (Phi) is 10.2. The van der Waals surface area contributed by atoms with Gasteiger partial charge in [-0.05, 0) is 21.1 Å². The van der Waals surface area contributed by atoms with Crippen molar-refractivity contribution in [2.75, 3.05) is 60.4 Å². The molecule has 0 aromatic heterocycles. The zero-order valence-corrected chi connectivity index (χ0v) is 16.5. The predicted octanol–water partition coefficient (Wildman–Crippen LogP) is 2.62. The van der Waals surface area contributed by atoms with Gasteiger partial charge >= 0.3 is 63.3 Å². The van der Waals surface area contributed by atoms with E-state index in [4.69, 9.17) is 3.42 Å². The van der Waals surface area contributed by atoms with E-state index in [0.717, 1.165) is 6.04 Å². The predicted molar refractivity (Wildman–Crippen MR) is 88.9 cm³/mol. The van der Waals surface area contributed by atoms with Gasteiger partial charge in [-0.2, -0.15) is 0 Å². The SMILES string of the molecule is CN1CCN(C)CCN(C)CC1.[CH3][Ti]([CH3])=[N]C1CCCC1. The molecule has 0 radical (unpaired) electrons. The Bertz CT molecular complexity index is 263. The summed E-state index contributed by atoms with van der Waals surface area (Å²) in [6.45, 7) is 7.19. The van der Waals surface area contributed by atoms with Crippen LogP contribution in [0.1, 0.15) is 25.7 Å². The molecule has 5 heteroatoms. The van der Waals surface area contributed by atoms with Crippen molar-refractivity contribution in [2.24, 2.45) is 3.42 Å². The Balaban J connectivity index is 0.000000219. The molecule has 1 saturated carbocycles. The summed E-state index contributed by atoms with van der Waals surface area (Å²) in [6.07, 6.45) is 5.63. The average Bonchev–Trinajstić information content (AvgIpc) is 2.93. The van der Waals surface area contributed by atoms with E-state index in [1.165, 1.54) is 65.0 Å². The number of hydrogen-bond acceptors (Lipinski definition) is 4. The van der Waals surface area contributed by atoms with E-state index in [-0.39, 0.29) is 0 Å². The molecule has 0 spiro atoms. The Morgan fingerprint density at radius 3 is 1.33 bits per heavy atom. The van der Waals surface area contributed by atoms with Crippen LogP contribution in [0.25, 0.3) is 0 Å². The summed E-state index contributed by atoms with van der Waals surface area (Å²) in [4.78, 5) is 7.20. The molecule has 2 aliphatic rings. The van der Waals surface area contributed by atoms with Gasteiger partial charge in [-0.1, -0.05) is 0 Å². The van der Waals surface area contributed by atoms with Crippen LogP contribution in [0, 0.1) is 0 Å². The first-order chi connectivity index (χ1) is 9.97. The minimum absolute atomic E-state index is 0.787. The average molecular weight is 332 g/mol. The van der Waals surface area contributed by atoms with Gasteiger partial charge in [-0.3, -0.25) is 0 Å². The van der Waals surface area contributed by atoms with E-state index in [1.54, 1.807) is 0 Å². The minimum atomic E-state index is -0.828. The first-order valence-electron chi connectivity index (χ1n) is 8.54. The van der Waals surface area contributed by atoms with E-state index < -0.39 is 17.7 Å². The Hall–Kier alpha value is 0.394. The van der Waals surface area contributed by atoms with Crippen LogP contribution < -0.4 is 0 Å². The summed E-state index contributed by atoms with van der Waals surface area (Å²) in [7, 11) is 6.60. The van der Waals surface area contributed by atoms with Crippen LogP contribution in [-0.4, -0.2) is 81.2 Å². The first-order valence-corrected chi connectivity index (χ1v) is 12.4. The maximum absolute atomic E-state index is 4.74. The number of likely N-dealkylation sites (N-methyl/N-ethyl adjacent to an activating group) is 3. The molecular weight excluding hydrogens is 296 g/mol. The molecule has 4 nitrogen and oxygen atoms in total. The van der Waals surface area contributed by atoms with Gasteiger partial charge in [0, 0.05) is 39.3 Å². The number of rotatable bonds is 1. The van der Waals surface area contributed by atoms with Crippen LogP contribution in [0.5, 0.6) is 0 Å². The summed E-state index contributed by atoms with van der Waals surface area (Å²) < 4.78 is 4.74. The summed E-state index contributed by atoms with van der Waals surface area (Å²) in [5.74, 6) is 0. The van der Waals surface area contributed by atoms with Crippen LogP contribution in [0.3, 0.4) is 0 Å². The van der Waals surface area contributed by atoms with Crippen molar-refractivity contribution >= 4 is 0 Å². The van der Waals surface area contributed by atoms with Gasteiger partial charge in [0.25, 0.3) is 0 Å². The standard InChI is InChI=1S/C9H21N3.C5H9N.2CH3.Ti/c1-10-4-6-11(2)8-9-12(3)7-5-10;6-5-3-1-2-4-5;;;/h4-9H2,1-3H3;5H,1-4H2;2*1H3;. The van der Waals surface area contributed by atoms with Crippen molar-refractivity contribution in [1.29, 1.82) is 0 Å². The summed E-state index contributed by atoms with van der Waals surface area (Å²) in [6, 6.07) is 0.787. The Morgan fingerprint density at radius 2 is 1.05 bits per heavy atom. The second kappa shape index (κ2) is 11.0. The van der Waals surface area contributed by atoms with Gasteiger partial charge in [-0.25, -0.2) is 0 Å². The van der Waals surface area contributed by atoms with Crippen molar-refractivity contribution in [3.63, 3.8) is 0 Å². The van der Waals surface area contributed by atoms with E-state index >= 15 is 0 Å². The number of hydrogen-bond donors (Lipinski definition) is 0. The quantitative estimate of drug-likeness (QED) is 0.689. The Morgan fingerprint density at radius 1 is 0.714 bits per heavy atom. The normalized spacial score (nSPS) is 23.7. The second-order valence-corrected chi connectivity index (χ2v) is 10.3. The third-order valence-electron chi connectivity index (χ3n) is 4.36. The molecule has 124 valence electrons. The van der Waals surface area contributed by atoms with Gasteiger partial charge in [0.2, 0.25) is 0 Å². The molecule has 0 aromatic rings. The monoisotopic (exact) mass is 332 g/mol. The van der Waals surface area contributed by atoms with Crippen LogP contribution >= 0.6 is 0 Å². The van der Waals surface area contributed by atoms with Crippen LogP contribution in [0.4, 0.5) is 0 Å². The Labute approximate surface area is 138 Å². The van der Waals surface area contributed by atoms with Crippen molar-refractivity contribution in [1.82, 2.24) is 14.7 Å². The van der Waals surface area contributed by atoms with Gasteiger partial charge in [-0.15, -0.1) is 0 Å². The zero-order chi connectivity index (χ0) is 15.7. The van der Waals surface area contributed by atoms with Crippen molar-refractivity contribution in [3.8, 4) is 0 Å². The molecule has 0 atom stereocenters. The molecular formula is C16H36N4Ti. The summed E-state index contributed by atoms with van der Waals surface area (Å²) >= 11 is -0.828. The summed E-state index contributed by atoms with van der Waals surface area (Å²) in [5.41, 5.74) is 0. The molecule has 21 heavy (non-hydrogen) atoms. The van der Waals surface area contributed by atoms with Gasteiger partial charge in [0.15, 0.2) is 0 Å². The van der Waals surface area contributed by atoms with E-state index in [0.29, 0.717) is 0 Å². The maximum atomic E-state index is 4.74. The van der Waals surface area contributed by atoms with Crippen molar-refractivity contribution in [3.05, 3.63) is 0 Å². The summed E-state index contributed by atoms with van der Waals surface area (Å²) in [5, 5.41) is 4.66. The first kappa shape index (κ1) is 19.4. The van der Waals surface area contributed by atoms with Crippen molar-refractivity contribution in [2.45, 2.75) is 42.2 Å².